The van der Waals surface area contributed by atoms with E-state index in [2.05, 4.69) is 21.5 Å². The van der Waals surface area contributed by atoms with E-state index in [0.29, 0.717) is 17.7 Å². The van der Waals surface area contributed by atoms with Crippen molar-refractivity contribution in [3.05, 3.63) is 59.0 Å². The number of carbonyl (C=O) groups excluding carboxylic acids is 1. The minimum Gasteiger partial charge on any atom is -0.322 e. The SMILES string of the molecule is Cc1cc2ncc(C(=O)Nc3ccc(CC#N)cc3)c(C)n2n1. The fourth-order valence-corrected chi connectivity index (χ4v) is 2.38. The molecular formula is C17H15N5O. The Morgan fingerprint density at radius 1 is 1.30 bits per heavy atom. The van der Waals surface area contributed by atoms with E-state index in [1.165, 1.54) is 0 Å². The predicted molar refractivity (Wildman–Crippen MR) is 86.2 cm³/mol. The number of carbonyl (C=O) groups is 1. The summed E-state index contributed by atoms with van der Waals surface area (Å²) in [5.74, 6) is -0.238. The zero-order valence-corrected chi connectivity index (χ0v) is 12.9. The third-order valence-electron chi connectivity index (χ3n) is 3.59. The van der Waals surface area contributed by atoms with E-state index in [1.807, 2.05) is 32.0 Å². The number of hydrogen-bond donors (Lipinski definition) is 1. The molecule has 0 saturated heterocycles. The first-order valence-electron chi connectivity index (χ1n) is 7.17. The molecule has 1 N–H and O–H groups in total. The Balaban J connectivity index is 1.85. The van der Waals surface area contributed by atoms with Crippen molar-refractivity contribution in [1.29, 1.82) is 5.26 Å². The van der Waals surface area contributed by atoms with Crippen LogP contribution in [0.25, 0.3) is 5.65 Å². The number of fused-ring (bicyclic) bond motifs is 1. The summed E-state index contributed by atoms with van der Waals surface area (Å²) in [5, 5.41) is 15.8. The molecule has 6 heteroatoms. The van der Waals surface area contributed by atoms with Crippen molar-refractivity contribution in [1.82, 2.24) is 14.6 Å². The number of benzene rings is 1. The van der Waals surface area contributed by atoms with Crippen molar-refractivity contribution in [3.63, 3.8) is 0 Å². The summed E-state index contributed by atoms with van der Waals surface area (Å²) >= 11 is 0. The number of aryl methyl sites for hydroxylation is 2. The molecule has 3 rings (SSSR count). The highest BCUT2D eigenvalue weighted by atomic mass is 16.1. The van der Waals surface area contributed by atoms with Gasteiger partial charge in [0.15, 0.2) is 5.65 Å². The first-order valence-corrected chi connectivity index (χ1v) is 7.17. The lowest BCUT2D eigenvalue weighted by Crippen LogP contribution is -2.16. The van der Waals surface area contributed by atoms with Crippen LogP contribution < -0.4 is 5.32 Å². The number of nitriles is 1. The second-order valence-corrected chi connectivity index (χ2v) is 5.30. The molecular weight excluding hydrogens is 290 g/mol. The van der Waals surface area contributed by atoms with Crippen molar-refractivity contribution >= 4 is 17.2 Å². The number of anilines is 1. The molecule has 0 fully saturated rings. The van der Waals surface area contributed by atoms with Gasteiger partial charge in [0.1, 0.15) is 0 Å². The molecule has 2 heterocycles. The Morgan fingerprint density at radius 2 is 2.04 bits per heavy atom. The first kappa shape index (κ1) is 14.7. The maximum absolute atomic E-state index is 12.5. The van der Waals surface area contributed by atoms with Gasteiger partial charge < -0.3 is 5.32 Å². The van der Waals surface area contributed by atoms with Crippen LogP contribution in [0.3, 0.4) is 0 Å². The van der Waals surface area contributed by atoms with E-state index in [9.17, 15) is 4.79 Å². The van der Waals surface area contributed by atoms with Gasteiger partial charge in [-0.25, -0.2) is 9.50 Å². The predicted octanol–water partition coefficient (Wildman–Crippen LogP) is 2.66. The van der Waals surface area contributed by atoms with Gasteiger partial charge >= 0.3 is 0 Å². The Bertz CT molecular complexity index is 919. The molecule has 0 aliphatic heterocycles. The van der Waals surface area contributed by atoms with Crippen molar-refractivity contribution in [3.8, 4) is 6.07 Å². The van der Waals surface area contributed by atoms with Gasteiger partial charge in [-0.15, -0.1) is 0 Å². The largest absolute Gasteiger partial charge is 0.322 e. The van der Waals surface area contributed by atoms with Crippen molar-refractivity contribution in [2.75, 3.05) is 5.32 Å². The molecule has 2 aromatic heterocycles. The smallest absolute Gasteiger partial charge is 0.259 e. The zero-order valence-electron chi connectivity index (χ0n) is 12.9. The Kier molecular flexibility index (Phi) is 3.77. The summed E-state index contributed by atoms with van der Waals surface area (Å²) in [4.78, 5) is 16.7. The van der Waals surface area contributed by atoms with Crippen LogP contribution in [0.1, 0.15) is 27.3 Å². The van der Waals surface area contributed by atoms with E-state index in [-0.39, 0.29) is 5.91 Å². The summed E-state index contributed by atoms with van der Waals surface area (Å²) < 4.78 is 1.67. The van der Waals surface area contributed by atoms with E-state index >= 15 is 0 Å². The molecule has 3 aromatic rings. The van der Waals surface area contributed by atoms with Crippen LogP contribution in [0.15, 0.2) is 36.5 Å². The average Bonchev–Trinajstić information content (AvgIpc) is 2.91. The summed E-state index contributed by atoms with van der Waals surface area (Å²) in [5.41, 5.74) is 4.37. The average molecular weight is 305 g/mol. The standard InChI is InChI=1S/C17H15N5O/c1-11-9-16-19-10-15(12(2)22(16)21-11)17(23)20-14-5-3-13(4-6-14)7-8-18/h3-6,9-10H,7H2,1-2H3,(H,20,23). The van der Waals surface area contributed by atoms with Crippen LogP contribution >= 0.6 is 0 Å². The second kappa shape index (κ2) is 5.89. The molecule has 0 spiro atoms. The van der Waals surface area contributed by atoms with E-state index in [4.69, 9.17) is 5.26 Å². The zero-order chi connectivity index (χ0) is 16.4. The van der Waals surface area contributed by atoms with Crippen molar-refractivity contribution in [2.24, 2.45) is 0 Å². The highest BCUT2D eigenvalue weighted by Crippen LogP contribution is 2.15. The minimum atomic E-state index is -0.238. The number of aromatic nitrogens is 3. The number of hydrogen-bond acceptors (Lipinski definition) is 4. The number of nitrogens with one attached hydrogen (secondary N) is 1. The number of nitrogens with zero attached hydrogens (tertiary/aromatic N) is 4. The van der Waals surface area contributed by atoms with Crippen LogP contribution in [-0.2, 0) is 6.42 Å². The molecule has 6 nitrogen and oxygen atoms in total. The molecule has 0 radical (unpaired) electrons. The second-order valence-electron chi connectivity index (χ2n) is 5.30. The molecule has 114 valence electrons. The molecule has 1 amide bonds. The minimum absolute atomic E-state index is 0.238. The molecule has 0 saturated carbocycles. The van der Waals surface area contributed by atoms with Crippen LogP contribution in [0.2, 0.25) is 0 Å². The van der Waals surface area contributed by atoms with Crippen LogP contribution in [0.5, 0.6) is 0 Å². The molecule has 0 aliphatic rings. The third kappa shape index (κ3) is 2.90. The van der Waals surface area contributed by atoms with Gasteiger partial charge in [-0.2, -0.15) is 10.4 Å². The van der Waals surface area contributed by atoms with Crippen molar-refractivity contribution < 1.29 is 4.79 Å². The number of amides is 1. The van der Waals surface area contributed by atoms with Gasteiger partial charge in [0.25, 0.3) is 5.91 Å². The van der Waals surface area contributed by atoms with Gasteiger partial charge in [0.2, 0.25) is 0 Å². The lowest BCUT2D eigenvalue weighted by Gasteiger charge is -2.09. The Hall–Kier alpha value is -3.20. The van der Waals surface area contributed by atoms with E-state index < -0.39 is 0 Å². The van der Waals surface area contributed by atoms with Crippen LogP contribution in [0, 0.1) is 25.2 Å². The summed E-state index contributed by atoms with van der Waals surface area (Å²) in [6.45, 7) is 3.72. The first-order chi connectivity index (χ1) is 11.1. The molecule has 0 unspecified atom stereocenters. The quantitative estimate of drug-likeness (QED) is 0.806. The van der Waals surface area contributed by atoms with Crippen LogP contribution in [0.4, 0.5) is 5.69 Å². The van der Waals surface area contributed by atoms with Gasteiger partial charge in [-0.1, -0.05) is 12.1 Å². The maximum atomic E-state index is 12.5. The van der Waals surface area contributed by atoms with E-state index in [0.717, 1.165) is 22.6 Å². The maximum Gasteiger partial charge on any atom is 0.259 e. The van der Waals surface area contributed by atoms with E-state index in [1.54, 1.807) is 22.8 Å². The summed E-state index contributed by atoms with van der Waals surface area (Å²) in [6.07, 6.45) is 1.91. The summed E-state index contributed by atoms with van der Waals surface area (Å²) in [7, 11) is 0. The van der Waals surface area contributed by atoms with Gasteiger partial charge in [-0.3, -0.25) is 4.79 Å². The monoisotopic (exact) mass is 305 g/mol. The lowest BCUT2D eigenvalue weighted by molar-refractivity contribution is 0.102. The molecule has 1 aromatic carbocycles. The highest BCUT2D eigenvalue weighted by molar-refractivity contribution is 6.04. The fraction of sp³-hybridized carbons (Fsp3) is 0.176. The summed E-state index contributed by atoms with van der Waals surface area (Å²) in [6, 6.07) is 11.2. The van der Waals surface area contributed by atoms with Crippen LogP contribution in [-0.4, -0.2) is 20.5 Å². The lowest BCUT2D eigenvalue weighted by atomic mass is 10.1. The van der Waals surface area contributed by atoms with Gasteiger partial charge in [0.05, 0.1) is 29.4 Å². The van der Waals surface area contributed by atoms with Gasteiger partial charge in [0, 0.05) is 18.0 Å². The van der Waals surface area contributed by atoms with Gasteiger partial charge in [-0.05, 0) is 31.5 Å². The van der Waals surface area contributed by atoms with Crippen molar-refractivity contribution in [2.45, 2.75) is 20.3 Å². The third-order valence-corrected chi connectivity index (χ3v) is 3.59. The highest BCUT2D eigenvalue weighted by Gasteiger charge is 2.14. The normalized spacial score (nSPS) is 10.5. The molecule has 0 atom stereocenters. The molecule has 23 heavy (non-hydrogen) atoms. The Morgan fingerprint density at radius 3 is 2.74 bits per heavy atom. The fourth-order valence-electron chi connectivity index (χ4n) is 2.38. The topological polar surface area (TPSA) is 83.1 Å². The Labute approximate surface area is 133 Å². The molecule has 0 bridgehead atoms. The molecule has 0 aliphatic carbocycles. The number of rotatable bonds is 3.